The van der Waals surface area contributed by atoms with Gasteiger partial charge in [0.25, 0.3) is 0 Å². The number of hydrogen-bond acceptors (Lipinski definition) is 4. The predicted octanol–water partition coefficient (Wildman–Crippen LogP) is 0.153. The highest BCUT2D eigenvalue weighted by Gasteiger charge is 2.23. The van der Waals surface area contributed by atoms with Crippen LogP contribution in [-0.4, -0.2) is 31.4 Å². The van der Waals surface area contributed by atoms with Gasteiger partial charge in [0.15, 0.2) is 0 Å². The Morgan fingerprint density at radius 3 is 3.00 bits per heavy atom. The van der Waals surface area contributed by atoms with E-state index in [0.717, 1.165) is 11.3 Å². The molecule has 0 bridgehead atoms. The molecule has 0 unspecified atom stereocenters. The van der Waals surface area contributed by atoms with Crippen LogP contribution in [0.1, 0.15) is 12.0 Å². The summed E-state index contributed by atoms with van der Waals surface area (Å²) in [5.41, 5.74) is 1.75. The van der Waals surface area contributed by atoms with Crippen LogP contribution in [0.3, 0.4) is 0 Å². The zero-order valence-electron chi connectivity index (χ0n) is 11.1. The van der Waals surface area contributed by atoms with Crippen molar-refractivity contribution in [3.63, 3.8) is 0 Å². The van der Waals surface area contributed by atoms with Gasteiger partial charge in [-0.05, 0) is 11.6 Å². The van der Waals surface area contributed by atoms with E-state index in [-0.39, 0.29) is 31.3 Å². The summed E-state index contributed by atoms with van der Waals surface area (Å²) >= 11 is 0. The van der Waals surface area contributed by atoms with Gasteiger partial charge in [-0.2, -0.15) is 5.26 Å². The predicted molar refractivity (Wildman–Crippen MR) is 73.7 cm³/mol. The van der Waals surface area contributed by atoms with Crippen molar-refractivity contribution in [2.24, 2.45) is 0 Å². The SMILES string of the molecule is N#CCCNC(=O)CN1C(=O)CNCc2ccccc21. The van der Waals surface area contributed by atoms with Crippen molar-refractivity contribution in [3.05, 3.63) is 29.8 Å². The minimum Gasteiger partial charge on any atom is -0.354 e. The molecular weight excluding hydrogens is 256 g/mol. The van der Waals surface area contributed by atoms with Crippen LogP contribution in [0, 0.1) is 11.3 Å². The van der Waals surface area contributed by atoms with Gasteiger partial charge in [-0.15, -0.1) is 0 Å². The van der Waals surface area contributed by atoms with Crippen molar-refractivity contribution in [1.82, 2.24) is 10.6 Å². The zero-order valence-corrected chi connectivity index (χ0v) is 11.1. The largest absolute Gasteiger partial charge is 0.354 e. The standard InChI is InChI=1S/C14H16N4O2/c15-6-3-7-17-13(19)10-18-12-5-2-1-4-11(12)8-16-9-14(18)20/h1-2,4-5,16H,3,7-10H2,(H,17,19). The second-order valence-electron chi connectivity index (χ2n) is 4.47. The smallest absolute Gasteiger partial charge is 0.241 e. The first-order chi connectivity index (χ1) is 9.72. The summed E-state index contributed by atoms with van der Waals surface area (Å²) in [6.45, 7) is 1.09. The Kier molecular flexibility index (Phi) is 4.69. The van der Waals surface area contributed by atoms with Crippen molar-refractivity contribution in [3.8, 4) is 6.07 Å². The van der Waals surface area contributed by atoms with Gasteiger partial charge in [0, 0.05) is 18.8 Å². The first-order valence-electron chi connectivity index (χ1n) is 6.45. The van der Waals surface area contributed by atoms with E-state index >= 15 is 0 Å². The van der Waals surface area contributed by atoms with Crippen molar-refractivity contribution in [1.29, 1.82) is 5.26 Å². The molecule has 0 fully saturated rings. The molecule has 0 aliphatic carbocycles. The van der Waals surface area contributed by atoms with Crippen molar-refractivity contribution in [2.45, 2.75) is 13.0 Å². The van der Waals surface area contributed by atoms with Gasteiger partial charge in [-0.1, -0.05) is 18.2 Å². The van der Waals surface area contributed by atoms with E-state index in [0.29, 0.717) is 13.1 Å². The molecular formula is C14H16N4O2. The lowest BCUT2D eigenvalue weighted by Crippen LogP contribution is -2.43. The molecule has 1 aromatic carbocycles. The average molecular weight is 272 g/mol. The molecule has 1 aliphatic rings. The molecule has 1 aliphatic heterocycles. The van der Waals surface area contributed by atoms with E-state index in [1.165, 1.54) is 4.90 Å². The summed E-state index contributed by atoms with van der Waals surface area (Å²) in [6, 6.07) is 9.47. The van der Waals surface area contributed by atoms with E-state index in [1.807, 2.05) is 30.3 Å². The van der Waals surface area contributed by atoms with Crippen molar-refractivity contribution in [2.75, 3.05) is 24.5 Å². The highest BCUT2D eigenvalue weighted by molar-refractivity contribution is 6.00. The average Bonchev–Trinajstić information content (AvgIpc) is 2.60. The fraction of sp³-hybridized carbons (Fsp3) is 0.357. The Morgan fingerprint density at radius 1 is 1.40 bits per heavy atom. The van der Waals surface area contributed by atoms with Crippen molar-refractivity contribution < 1.29 is 9.59 Å². The Bertz CT molecular complexity index is 550. The van der Waals surface area contributed by atoms with Gasteiger partial charge in [-0.3, -0.25) is 9.59 Å². The number of amides is 2. The second kappa shape index (κ2) is 6.68. The Hall–Kier alpha value is -2.39. The zero-order chi connectivity index (χ0) is 14.4. The molecule has 0 atom stereocenters. The normalized spacial score (nSPS) is 14.2. The van der Waals surface area contributed by atoms with Crippen LogP contribution >= 0.6 is 0 Å². The molecule has 104 valence electrons. The molecule has 6 nitrogen and oxygen atoms in total. The van der Waals surface area contributed by atoms with Crippen molar-refractivity contribution >= 4 is 17.5 Å². The summed E-state index contributed by atoms with van der Waals surface area (Å²) in [6.07, 6.45) is 0.262. The van der Waals surface area contributed by atoms with Crippen LogP contribution in [-0.2, 0) is 16.1 Å². The van der Waals surface area contributed by atoms with Gasteiger partial charge in [-0.25, -0.2) is 0 Å². The van der Waals surface area contributed by atoms with Gasteiger partial charge < -0.3 is 15.5 Å². The summed E-state index contributed by atoms with van der Waals surface area (Å²) in [7, 11) is 0. The summed E-state index contributed by atoms with van der Waals surface area (Å²) < 4.78 is 0. The minimum absolute atomic E-state index is 0.0248. The third-order valence-electron chi connectivity index (χ3n) is 3.04. The number of para-hydroxylation sites is 1. The van der Waals surface area contributed by atoms with Crippen LogP contribution in [0.25, 0.3) is 0 Å². The summed E-state index contributed by atoms with van der Waals surface area (Å²) in [4.78, 5) is 25.4. The van der Waals surface area contributed by atoms with Gasteiger partial charge >= 0.3 is 0 Å². The third kappa shape index (κ3) is 3.33. The lowest BCUT2D eigenvalue weighted by Gasteiger charge is -2.21. The van der Waals surface area contributed by atoms with E-state index in [4.69, 9.17) is 5.26 Å². The molecule has 0 spiro atoms. The molecule has 0 aromatic heterocycles. The monoisotopic (exact) mass is 272 g/mol. The number of fused-ring (bicyclic) bond motifs is 1. The van der Waals surface area contributed by atoms with Crippen LogP contribution in [0.5, 0.6) is 0 Å². The Morgan fingerprint density at radius 2 is 2.20 bits per heavy atom. The Labute approximate surface area is 117 Å². The number of carbonyl (C=O) groups is 2. The van der Waals surface area contributed by atoms with E-state index in [9.17, 15) is 9.59 Å². The van der Waals surface area contributed by atoms with Gasteiger partial charge in [0.2, 0.25) is 11.8 Å². The van der Waals surface area contributed by atoms with Gasteiger partial charge in [0.1, 0.15) is 6.54 Å². The molecule has 2 amide bonds. The summed E-state index contributed by atoms with van der Waals surface area (Å²) in [5.74, 6) is -0.393. The maximum atomic E-state index is 12.1. The number of rotatable bonds is 4. The molecule has 6 heteroatoms. The quantitative estimate of drug-likeness (QED) is 0.764. The van der Waals surface area contributed by atoms with Crippen LogP contribution in [0.15, 0.2) is 24.3 Å². The first-order valence-corrected chi connectivity index (χ1v) is 6.45. The summed E-state index contributed by atoms with van der Waals surface area (Å²) in [5, 5.41) is 14.1. The lowest BCUT2D eigenvalue weighted by molar-refractivity contribution is -0.123. The van der Waals surface area contributed by atoms with E-state index < -0.39 is 0 Å². The molecule has 0 saturated carbocycles. The highest BCUT2D eigenvalue weighted by atomic mass is 16.2. The molecule has 0 saturated heterocycles. The topological polar surface area (TPSA) is 85.2 Å². The minimum atomic E-state index is -0.259. The number of hydrogen-bond donors (Lipinski definition) is 2. The number of benzene rings is 1. The number of carbonyl (C=O) groups excluding carboxylic acids is 2. The van der Waals surface area contributed by atoms with Crippen LogP contribution in [0.4, 0.5) is 5.69 Å². The van der Waals surface area contributed by atoms with E-state index in [2.05, 4.69) is 10.6 Å². The first kappa shape index (κ1) is 14.0. The van der Waals surface area contributed by atoms with Crippen LogP contribution in [0.2, 0.25) is 0 Å². The highest BCUT2D eigenvalue weighted by Crippen LogP contribution is 2.22. The van der Waals surface area contributed by atoms with Gasteiger partial charge in [0.05, 0.1) is 19.0 Å². The number of nitrogens with zero attached hydrogens (tertiary/aromatic N) is 2. The number of nitrogens with one attached hydrogen (secondary N) is 2. The fourth-order valence-electron chi connectivity index (χ4n) is 2.09. The Balaban J connectivity index is 2.10. The molecule has 1 heterocycles. The molecule has 1 aromatic rings. The molecule has 2 N–H and O–H groups in total. The van der Waals surface area contributed by atoms with Crippen LogP contribution < -0.4 is 15.5 Å². The lowest BCUT2D eigenvalue weighted by atomic mass is 10.1. The fourth-order valence-corrected chi connectivity index (χ4v) is 2.09. The molecule has 2 rings (SSSR count). The second-order valence-corrected chi connectivity index (χ2v) is 4.47. The maximum absolute atomic E-state index is 12.1. The molecule has 0 radical (unpaired) electrons. The maximum Gasteiger partial charge on any atom is 0.241 e. The van der Waals surface area contributed by atoms with E-state index in [1.54, 1.807) is 0 Å². The molecule has 20 heavy (non-hydrogen) atoms. The third-order valence-corrected chi connectivity index (χ3v) is 3.04. The number of nitriles is 1. The number of anilines is 1.